The summed E-state index contributed by atoms with van der Waals surface area (Å²) in [6, 6.07) is 8.85. The van der Waals surface area contributed by atoms with E-state index in [0.29, 0.717) is 0 Å². The summed E-state index contributed by atoms with van der Waals surface area (Å²) in [5, 5.41) is 12.4. The van der Waals surface area contributed by atoms with Crippen molar-refractivity contribution in [2.75, 3.05) is 6.54 Å². The molecule has 0 amide bonds. The predicted molar refractivity (Wildman–Crippen MR) is 76.6 cm³/mol. The molecule has 0 unspecified atom stereocenters. The van der Waals surface area contributed by atoms with E-state index in [2.05, 4.69) is 57.3 Å². The third-order valence-corrected chi connectivity index (χ3v) is 3.36. The van der Waals surface area contributed by atoms with Gasteiger partial charge in [-0.15, -0.1) is 0 Å². The van der Waals surface area contributed by atoms with E-state index < -0.39 is 5.54 Å². The molecule has 18 heavy (non-hydrogen) atoms. The van der Waals surface area contributed by atoms with Gasteiger partial charge in [-0.25, -0.2) is 0 Å². The number of rotatable bonds is 4. The number of nitrogens with one attached hydrogen (secondary N) is 1. The Morgan fingerprint density at radius 2 is 1.78 bits per heavy atom. The molecule has 1 aromatic carbocycles. The van der Waals surface area contributed by atoms with Gasteiger partial charge in [-0.2, -0.15) is 5.26 Å². The van der Waals surface area contributed by atoms with Crippen molar-refractivity contribution in [3.8, 4) is 6.07 Å². The van der Waals surface area contributed by atoms with Crippen LogP contribution in [0.25, 0.3) is 0 Å². The summed E-state index contributed by atoms with van der Waals surface area (Å²) in [7, 11) is 0. The van der Waals surface area contributed by atoms with Crippen LogP contribution in [0.4, 0.5) is 0 Å². The monoisotopic (exact) mass is 244 g/mol. The average Bonchev–Trinajstić information content (AvgIpc) is 2.26. The SMILES string of the molecule is Cc1ccc(C(C)(C)CNC(C)(C)C#N)c(C)c1. The first-order valence-electron chi connectivity index (χ1n) is 6.42. The summed E-state index contributed by atoms with van der Waals surface area (Å²) in [5.74, 6) is 0. The molecule has 0 atom stereocenters. The first-order valence-corrected chi connectivity index (χ1v) is 6.42. The normalized spacial score (nSPS) is 12.3. The molecular formula is C16H24N2. The zero-order valence-electron chi connectivity index (χ0n) is 12.4. The highest BCUT2D eigenvalue weighted by atomic mass is 15.0. The van der Waals surface area contributed by atoms with Crippen LogP contribution in [0.2, 0.25) is 0 Å². The maximum atomic E-state index is 9.04. The highest BCUT2D eigenvalue weighted by molar-refractivity contribution is 5.36. The Balaban J connectivity index is 2.90. The predicted octanol–water partition coefficient (Wildman–Crippen LogP) is 3.47. The van der Waals surface area contributed by atoms with Crippen molar-refractivity contribution in [2.45, 2.75) is 52.5 Å². The zero-order valence-corrected chi connectivity index (χ0v) is 12.4. The zero-order chi connectivity index (χ0) is 14.0. The molecule has 1 rings (SSSR count). The second-order valence-electron chi connectivity index (χ2n) is 6.29. The lowest BCUT2D eigenvalue weighted by atomic mass is 9.81. The first-order chi connectivity index (χ1) is 8.18. The Morgan fingerprint density at radius 1 is 1.17 bits per heavy atom. The van der Waals surface area contributed by atoms with E-state index >= 15 is 0 Å². The number of hydrogen-bond acceptors (Lipinski definition) is 2. The highest BCUT2D eigenvalue weighted by Crippen LogP contribution is 2.26. The van der Waals surface area contributed by atoms with Gasteiger partial charge in [0.25, 0.3) is 0 Å². The fourth-order valence-corrected chi connectivity index (χ4v) is 2.15. The van der Waals surface area contributed by atoms with Crippen LogP contribution in [0.3, 0.4) is 0 Å². The topological polar surface area (TPSA) is 35.8 Å². The molecule has 1 aromatic rings. The number of nitriles is 1. The number of nitrogens with zero attached hydrogens (tertiary/aromatic N) is 1. The highest BCUT2D eigenvalue weighted by Gasteiger charge is 2.26. The Hall–Kier alpha value is -1.33. The molecule has 0 heterocycles. The lowest BCUT2D eigenvalue weighted by Crippen LogP contribution is -2.44. The molecule has 0 radical (unpaired) electrons. The quantitative estimate of drug-likeness (QED) is 0.880. The Labute approximate surface area is 111 Å². The van der Waals surface area contributed by atoms with Gasteiger partial charge in [0.1, 0.15) is 5.54 Å². The van der Waals surface area contributed by atoms with Crippen LogP contribution in [0.1, 0.15) is 44.4 Å². The van der Waals surface area contributed by atoms with Crippen LogP contribution >= 0.6 is 0 Å². The molecule has 2 heteroatoms. The minimum absolute atomic E-state index is 0.0197. The van der Waals surface area contributed by atoms with Crippen LogP contribution in [0, 0.1) is 25.2 Å². The van der Waals surface area contributed by atoms with Gasteiger partial charge in [0.05, 0.1) is 6.07 Å². The summed E-state index contributed by atoms with van der Waals surface area (Å²) < 4.78 is 0. The molecule has 2 nitrogen and oxygen atoms in total. The maximum absolute atomic E-state index is 9.04. The molecule has 0 fully saturated rings. The van der Waals surface area contributed by atoms with E-state index in [9.17, 15) is 0 Å². The summed E-state index contributed by atoms with van der Waals surface area (Å²) in [5.41, 5.74) is 3.49. The maximum Gasteiger partial charge on any atom is 0.101 e. The second kappa shape index (κ2) is 5.12. The van der Waals surface area contributed by atoms with Crippen LogP contribution in [0.15, 0.2) is 18.2 Å². The van der Waals surface area contributed by atoms with Crippen molar-refractivity contribution in [2.24, 2.45) is 0 Å². The van der Waals surface area contributed by atoms with Gasteiger partial charge >= 0.3 is 0 Å². The number of benzene rings is 1. The molecule has 0 spiro atoms. The lowest BCUT2D eigenvalue weighted by Gasteiger charge is -2.31. The molecule has 0 saturated carbocycles. The molecule has 1 N–H and O–H groups in total. The van der Waals surface area contributed by atoms with Gasteiger partial charge in [-0.05, 0) is 38.8 Å². The van der Waals surface area contributed by atoms with Crippen molar-refractivity contribution in [1.29, 1.82) is 5.26 Å². The van der Waals surface area contributed by atoms with Crippen LogP contribution in [-0.4, -0.2) is 12.1 Å². The standard InChI is InChI=1S/C16H24N2/c1-12-7-8-14(13(2)9-12)15(3,4)11-18-16(5,6)10-17/h7-9,18H,11H2,1-6H3. The Morgan fingerprint density at radius 3 is 2.28 bits per heavy atom. The summed E-state index contributed by atoms with van der Waals surface area (Å²) in [6.07, 6.45) is 0. The van der Waals surface area contributed by atoms with Crippen molar-refractivity contribution < 1.29 is 0 Å². The van der Waals surface area contributed by atoms with Gasteiger partial charge in [0.15, 0.2) is 0 Å². The van der Waals surface area contributed by atoms with Crippen molar-refractivity contribution in [3.05, 3.63) is 34.9 Å². The fourth-order valence-electron chi connectivity index (χ4n) is 2.15. The van der Waals surface area contributed by atoms with Gasteiger partial charge in [-0.1, -0.05) is 37.6 Å². The van der Waals surface area contributed by atoms with E-state index in [1.54, 1.807) is 0 Å². The molecule has 0 aliphatic heterocycles. The smallest absolute Gasteiger partial charge is 0.101 e. The van der Waals surface area contributed by atoms with Crippen LogP contribution < -0.4 is 5.32 Å². The van der Waals surface area contributed by atoms with Gasteiger partial charge < -0.3 is 0 Å². The molecule has 0 bridgehead atoms. The number of hydrogen-bond donors (Lipinski definition) is 1. The van der Waals surface area contributed by atoms with Gasteiger partial charge in [-0.3, -0.25) is 5.32 Å². The van der Waals surface area contributed by atoms with E-state index in [-0.39, 0.29) is 5.41 Å². The van der Waals surface area contributed by atoms with Crippen LogP contribution in [0.5, 0.6) is 0 Å². The van der Waals surface area contributed by atoms with E-state index in [1.165, 1.54) is 16.7 Å². The fraction of sp³-hybridized carbons (Fsp3) is 0.562. The third kappa shape index (κ3) is 3.58. The molecule has 98 valence electrons. The van der Waals surface area contributed by atoms with Gasteiger partial charge in [0.2, 0.25) is 0 Å². The Bertz CT molecular complexity index is 464. The van der Waals surface area contributed by atoms with Crippen LogP contribution in [-0.2, 0) is 5.41 Å². The first kappa shape index (κ1) is 14.7. The minimum atomic E-state index is -0.476. The van der Waals surface area contributed by atoms with E-state index in [0.717, 1.165) is 6.54 Å². The summed E-state index contributed by atoms with van der Waals surface area (Å²) in [6.45, 7) is 13.3. The van der Waals surface area contributed by atoms with Crippen molar-refractivity contribution in [3.63, 3.8) is 0 Å². The second-order valence-corrected chi connectivity index (χ2v) is 6.29. The molecule has 0 aliphatic carbocycles. The van der Waals surface area contributed by atoms with Crippen molar-refractivity contribution >= 4 is 0 Å². The minimum Gasteiger partial charge on any atom is -0.299 e. The van der Waals surface area contributed by atoms with Crippen molar-refractivity contribution in [1.82, 2.24) is 5.32 Å². The molecule has 0 aromatic heterocycles. The average molecular weight is 244 g/mol. The summed E-state index contributed by atoms with van der Waals surface area (Å²) in [4.78, 5) is 0. The van der Waals surface area contributed by atoms with Gasteiger partial charge in [0, 0.05) is 12.0 Å². The molecule has 0 saturated heterocycles. The number of aryl methyl sites for hydroxylation is 2. The molecular weight excluding hydrogens is 220 g/mol. The Kier molecular flexibility index (Phi) is 4.19. The van der Waals surface area contributed by atoms with E-state index in [4.69, 9.17) is 5.26 Å². The largest absolute Gasteiger partial charge is 0.299 e. The summed E-state index contributed by atoms with van der Waals surface area (Å²) >= 11 is 0. The third-order valence-electron chi connectivity index (χ3n) is 3.36. The molecule has 0 aliphatic rings. The lowest BCUT2D eigenvalue weighted by molar-refractivity contribution is 0.396. The van der Waals surface area contributed by atoms with E-state index in [1.807, 2.05) is 13.8 Å².